The Bertz CT molecular complexity index is 1800. The summed E-state index contributed by atoms with van der Waals surface area (Å²) in [5.74, 6) is -1.42. The summed E-state index contributed by atoms with van der Waals surface area (Å²) in [5, 5.41) is 0.299. The Kier molecular flexibility index (Phi) is 7.01. The Labute approximate surface area is 264 Å². The first-order valence-electron chi connectivity index (χ1n) is 16.0. The van der Waals surface area contributed by atoms with E-state index in [0.717, 1.165) is 51.1 Å². The predicted molar refractivity (Wildman–Crippen MR) is 164 cm³/mol. The van der Waals surface area contributed by atoms with Gasteiger partial charge >= 0.3 is 6.01 Å². The van der Waals surface area contributed by atoms with E-state index in [4.69, 9.17) is 26.6 Å². The molecule has 0 aromatic carbocycles. The first-order chi connectivity index (χ1) is 22.3. The van der Waals surface area contributed by atoms with Gasteiger partial charge in [0.2, 0.25) is 5.88 Å². The fraction of sp³-hybridized carbons (Fsp3) is 0.500. The molecule has 0 spiro atoms. The third-order valence-corrected chi connectivity index (χ3v) is 10.5. The second-order valence-electron chi connectivity index (χ2n) is 13.2. The normalized spacial score (nSPS) is 30.7. The quantitative estimate of drug-likeness (QED) is 0.351. The molecule has 12 heteroatoms. The molecule has 2 aromatic heterocycles. The molecule has 6 heterocycles. The molecule has 3 saturated heterocycles. The number of nitrogens with two attached hydrogens (primary N) is 1. The zero-order valence-corrected chi connectivity index (χ0v) is 25.2. The summed E-state index contributed by atoms with van der Waals surface area (Å²) >= 11 is 0. The van der Waals surface area contributed by atoms with Crippen LogP contribution in [0.15, 0.2) is 41.2 Å². The van der Waals surface area contributed by atoms with E-state index in [0.29, 0.717) is 30.7 Å². The second kappa shape index (κ2) is 11.0. The molecule has 6 aliphatic rings. The summed E-state index contributed by atoms with van der Waals surface area (Å²) in [6.45, 7) is 2.30. The second-order valence-corrected chi connectivity index (χ2v) is 13.2. The van der Waals surface area contributed by atoms with Crippen LogP contribution >= 0.6 is 0 Å². The van der Waals surface area contributed by atoms with Crippen LogP contribution in [0.4, 0.5) is 23.4 Å². The van der Waals surface area contributed by atoms with E-state index in [-0.39, 0.29) is 59.2 Å². The van der Waals surface area contributed by atoms with E-state index in [9.17, 15) is 8.78 Å². The van der Waals surface area contributed by atoms with Crippen molar-refractivity contribution in [3.05, 3.63) is 52.7 Å². The van der Waals surface area contributed by atoms with Crippen molar-refractivity contribution >= 4 is 22.3 Å². The highest BCUT2D eigenvalue weighted by molar-refractivity contribution is 5.97. The van der Waals surface area contributed by atoms with E-state index in [1.165, 1.54) is 12.2 Å². The van der Waals surface area contributed by atoms with E-state index < -0.39 is 41.0 Å². The Morgan fingerprint density at radius 2 is 2.00 bits per heavy atom. The third kappa shape index (κ3) is 4.49. The maximum Gasteiger partial charge on any atom is 0.319 e. The Balaban J connectivity index is 1.29. The molecular formula is C34H34F4N6O2. The van der Waals surface area contributed by atoms with Gasteiger partial charge in [-0.15, -0.1) is 6.42 Å². The number of pyridine rings is 1. The molecule has 2 aliphatic carbocycles. The van der Waals surface area contributed by atoms with Gasteiger partial charge in [-0.2, -0.15) is 9.97 Å². The van der Waals surface area contributed by atoms with Gasteiger partial charge in [-0.1, -0.05) is 24.8 Å². The first-order valence-corrected chi connectivity index (χ1v) is 16.0. The number of rotatable bonds is 4. The Morgan fingerprint density at radius 3 is 2.85 bits per heavy atom. The van der Waals surface area contributed by atoms with Gasteiger partial charge < -0.3 is 20.1 Å². The number of fused-ring (bicyclic) bond motifs is 4. The minimum absolute atomic E-state index is 0.0326. The van der Waals surface area contributed by atoms with Crippen molar-refractivity contribution in [3.63, 3.8) is 0 Å². The molecule has 5 atom stereocenters. The molecule has 2 unspecified atom stereocenters. The zero-order chi connectivity index (χ0) is 31.7. The number of allylic oxidation sites excluding steroid dienone is 7. The van der Waals surface area contributed by atoms with Crippen LogP contribution in [0.2, 0.25) is 0 Å². The number of anilines is 1. The number of alkyl halides is 1. The maximum atomic E-state index is 17.0. The van der Waals surface area contributed by atoms with Crippen molar-refractivity contribution < 1.29 is 27.0 Å². The monoisotopic (exact) mass is 634 g/mol. The number of nitrogens with zero attached hydrogens (tertiary/aromatic N) is 5. The summed E-state index contributed by atoms with van der Waals surface area (Å²) in [6, 6.07) is -0.0746. The molecule has 4 aliphatic heterocycles. The van der Waals surface area contributed by atoms with Crippen LogP contribution in [0.3, 0.4) is 0 Å². The van der Waals surface area contributed by atoms with Gasteiger partial charge in [-0.25, -0.2) is 22.5 Å². The molecule has 2 aromatic rings. The van der Waals surface area contributed by atoms with E-state index in [1.54, 1.807) is 0 Å². The SMILES string of the molecule is C#CC1=C(F)C=CC2C(F)=C(N)C=C(c3nc4c5c(nc(OC[C@@]67CCCN6C[C@H](F)C7)nc5c3F)N3CCCCC[C@H]3CO4)C12. The van der Waals surface area contributed by atoms with Crippen LogP contribution in [-0.4, -0.2) is 70.5 Å². The van der Waals surface area contributed by atoms with Gasteiger partial charge in [0.15, 0.2) is 5.82 Å². The number of hydrogen-bond donors (Lipinski definition) is 1. The molecule has 0 bridgehead atoms. The molecule has 3 fully saturated rings. The summed E-state index contributed by atoms with van der Waals surface area (Å²) in [6.07, 6.45) is 14.4. The van der Waals surface area contributed by atoms with Gasteiger partial charge in [0.05, 0.1) is 17.3 Å². The number of terminal acetylenes is 1. The van der Waals surface area contributed by atoms with Gasteiger partial charge in [0, 0.05) is 36.9 Å². The highest BCUT2D eigenvalue weighted by atomic mass is 19.1. The lowest BCUT2D eigenvalue weighted by Crippen LogP contribution is -2.43. The lowest BCUT2D eigenvalue weighted by molar-refractivity contribution is 0.107. The highest BCUT2D eigenvalue weighted by Gasteiger charge is 2.49. The van der Waals surface area contributed by atoms with Crippen molar-refractivity contribution in [1.29, 1.82) is 0 Å². The molecule has 0 saturated carbocycles. The fourth-order valence-electron chi connectivity index (χ4n) is 8.31. The molecule has 2 N–H and O–H groups in total. The topological polar surface area (TPSA) is 89.6 Å². The highest BCUT2D eigenvalue weighted by Crippen LogP contribution is 2.49. The summed E-state index contributed by atoms with van der Waals surface area (Å²) in [4.78, 5) is 18.3. The number of halogens is 4. The number of hydrogen-bond acceptors (Lipinski definition) is 8. The van der Waals surface area contributed by atoms with Crippen LogP contribution in [0, 0.1) is 30.0 Å². The Morgan fingerprint density at radius 1 is 1.13 bits per heavy atom. The van der Waals surface area contributed by atoms with E-state index in [2.05, 4.69) is 25.7 Å². The van der Waals surface area contributed by atoms with Crippen molar-refractivity contribution in [3.8, 4) is 24.2 Å². The van der Waals surface area contributed by atoms with Crippen molar-refractivity contribution in [2.75, 3.05) is 37.7 Å². The summed E-state index contributed by atoms with van der Waals surface area (Å²) in [5.41, 5.74) is 5.07. The van der Waals surface area contributed by atoms with Gasteiger partial charge in [0.25, 0.3) is 0 Å². The standard InChI is InChI=1S/C34H34F4N6O2/c1-2-20-23(36)9-8-21-25(20)22(13-24(39)27(21)37)29-28(38)30-26-31(44-12-5-3-4-7-19(44)16-45-32(26)40-29)42-33(41-30)46-17-34-10-6-11-43(34)15-18(35)14-34/h1,8-9,13,18-19,21,25H,3-7,10-12,14-17,39H2/t18-,19+,21?,25?,34+/m1/s1. The van der Waals surface area contributed by atoms with Gasteiger partial charge in [0.1, 0.15) is 53.5 Å². The molecule has 0 amide bonds. The Hall–Kier alpha value is -4.11. The van der Waals surface area contributed by atoms with E-state index in [1.807, 2.05) is 0 Å². The first kappa shape index (κ1) is 29.3. The van der Waals surface area contributed by atoms with Crippen LogP contribution < -0.4 is 20.1 Å². The minimum atomic E-state index is -1.07. The molecular weight excluding hydrogens is 600 g/mol. The molecule has 46 heavy (non-hydrogen) atoms. The number of aromatic nitrogens is 3. The van der Waals surface area contributed by atoms with Crippen molar-refractivity contribution in [1.82, 2.24) is 19.9 Å². The average Bonchev–Trinajstić information content (AvgIpc) is 3.40. The molecule has 0 radical (unpaired) electrons. The summed E-state index contributed by atoms with van der Waals surface area (Å²) in [7, 11) is 0. The smallest absolute Gasteiger partial charge is 0.319 e. The molecule has 240 valence electrons. The third-order valence-electron chi connectivity index (χ3n) is 10.5. The molecule has 8 rings (SSSR count). The van der Waals surface area contributed by atoms with Crippen molar-refractivity contribution in [2.24, 2.45) is 17.6 Å². The van der Waals surface area contributed by atoms with Gasteiger partial charge in [-0.05, 0) is 50.0 Å². The lowest BCUT2D eigenvalue weighted by Gasteiger charge is -2.33. The maximum absolute atomic E-state index is 17.0. The summed E-state index contributed by atoms with van der Waals surface area (Å²) < 4.78 is 74.3. The predicted octanol–water partition coefficient (Wildman–Crippen LogP) is 5.46. The fourth-order valence-corrected chi connectivity index (χ4v) is 8.31. The average molecular weight is 635 g/mol. The van der Waals surface area contributed by atoms with Crippen LogP contribution in [0.1, 0.15) is 50.6 Å². The zero-order valence-electron chi connectivity index (χ0n) is 25.2. The number of ether oxygens (including phenoxy) is 2. The minimum Gasteiger partial charge on any atom is -0.475 e. The van der Waals surface area contributed by atoms with Crippen LogP contribution in [-0.2, 0) is 0 Å². The van der Waals surface area contributed by atoms with E-state index >= 15 is 8.78 Å². The van der Waals surface area contributed by atoms with Crippen LogP contribution in [0.25, 0.3) is 16.5 Å². The largest absolute Gasteiger partial charge is 0.475 e. The van der Waals surface area contributed by atoms with Crippen molar-refractivity contribution in [2.45, 2.75) is 62.7 Å². The lowest BCUT2D eigenvalue weighted by atomic mass is 9.72. The molecule has 8 nitrogen and oxygen atoms in total. The van der Waals surface area contributed by atoms with Gasteiger partial charge in [-0.3, -0.25) is 4.90 Å². The van der Waals surface area contributed by atoms with Crippen LogP contribution in [0.5, 0.6) is 11.9 Å².